The van der Waals surface area contributed by atoms with E-state index in [9.17, 15) is 4.79 Å². The molecule has 2 nitrogen and oxygen atoms in total. The predicted molar refractivity (Wildman–Crippen MR) is 50.1 cm³/mol. The van der Waals surface area contributed by atoms with Crippen LogP contribution in [0.25, 0.3) is 0 Å². The van der Waals surface area contributed by atoms with E-state index in [-0.39, 0.29) is 5.41 Å². The van der Waals surface area contributed by atoms with Gasteiger partial charge in [0.15, 0.2) is 0 Å². The molecule has 0 aromatic heterocycles. The highest BCUT2D eigenvalue weighted by molar-refractivity contribution is 5.75. The Hall–Kier alpha value is -0.530. The molecule has 0 aliphatic carbocycles. The zero-order valence-corrected chi connectivity index (χ0v) is 8.77. The first-order valence-corrected chi connectivity index (χ1v) is 4.55. The Morgan fingerprint density at radius 3 is 1.67 bits per heavy atom. The fraction of sp³-hybridized carbons (Fsp3) is 0.900. The number of carboxylic acids is 1. The molecule has 0 bridgehead atoms. The van der Waals surface area contributed by atoms with Gasteiger partial charge in [-0.3, -0.25) is 4.79 Å². The highest BCUT2D eigenvalue weighted by Gasteiger charge is 2.44. The van der Waals surface area contributed by atoms with Gasteiger partial charge in [0.25, 0.3) is 0 Å². The molecule has 0 amide bonds. The van der Waals surface area contributed by atoms with Crippen LogP contribution in [0, 0.1) is 10.8 Å². The van der Waals surface area contributed by atoms with Gasteiger partial charge < -0.3 is 5.11 Å². The van der Waals surface area contributed by atoms with Crippen LogP contribution in [0.2, 0.25) is 0 Å². The fourth-order valence-electron chi connectivity index (χ4n) is 1.31. The molecule has 0 spiro atoms. The Labute approximate surface area is 75.0 Å². The molecule has 0 aliphatic heterocycles. The van der Waals surface area contributed by atoms with Gasteiger partial charge in [-0.2, -0.15) is 0 Å². The van der Waals surface area contributed by atoms with Crippen LogP contribution in [0.3, 0.4) is 0 Å². The van der Waals surface area contributed by atoms with Crippen LogP contribution >= 0.6 is 0 Å². The quantitative estimate of drug-likeness (QED) is 0.708. The Morgan fingerprint density at radius 2 is 1.58 bits per heavy atom. The molecule has 0 saturated heterocycles. The molecule has 0 heterocycles. The molecular formula is C10H20O2. The molecule has 0 rings (SSSR count). The smallest absolute Gasteiger partial charge is 0.309 e. The zero-order valence-electron chi connectivity index (χ0n) is 8.77. The SMILES string of the molecule is CCC(C)(C)C(C)(CC)C(=O)O. The van der Waals surface area contributed by atoms with Crippen LogP contribution in [0.15, 0.2) is 0 Å². The number of hydrogen-bond acceptors (Lipinski definition) is 1. The van der Waals surface area contributed by atoms with E-state index in [2.05, 4.69) is 0 Å². The second kappa shape index (κ2) is 3.46. The lowest BCUT2D eigenvalue weighted by atomic mass is 9.64. The summed E-state index contributed by atoms with van der Waals surface area (Å²) in [7, 11) is 0. The van der Waals surface area contributed by atoms with Gasteiger partial charge in [-0.25, -0.2) is 0 Å². The van der Waals surface area contributed by atoms with Crippen molar-refractivity contribution in [1.29, 1.82) is 0 Å². The summed E-state index contributed by atoms with van der Waals surface area (Å²) in [6, 6.07) is 0. The first kappa shape index (κ1) is 11.5. The molecule has 2 heteroatoms. The molecule has 0 aromatic carbocycles. The van der Waals surface area contributed by atoms with E-state index in [4.69, 9.17) is 5.11 Å². The lowest BCUT2D eigenvalue weighted by Crippen LogP contribution is -2.41. The fourth-order valence-corrected chi connectivity index (χ4v) is 1.31. The summed E-state index contributed by atoms with van der Waals surface area (Å²) in [4.78, 5) is 11.1. The average molecular weight is 172 g/mol. The third-order valence-corrected chi connectivity index (χ3v) is 3.56. The standard InChI is InChI=1S/C10H20O2/c1-6-9(3,4)10(5,7-2)8(11)12/h6-7H2,1-5H3,(H,11,12). The summed E-state index contributed by atoms with van der Waals surface area (Å²) >= 11 is 0. The van der Waals surface area contributed by atoms with E-state index in [1.54, 1.807) is 0 Å². The Kier molecular flexibility index (Phi) is 3.31. The Morgan fingerprint density at radius 1 is 1.17 bits per heavy atom. The summed E-state index contributed by atoms with van der Waals surface area (Å²) in [5.41, 5.74) is -0.727. The Balaban J connectivity index is 4.87. The summed E-state index contributed by atoms with van der Waals surface area (Å²) in [5, 5.41) is 9.10. The number of aliphatic carboxylic acids is 1. The van der Waals surface area contributed by atoms with Crippen molar-refractivity contribution in [3.63, 3.8) is 0 Å². The van der Waals surface area contributed by atoms with Gasteiger partial charge in [0.2, 0.25) is 0 Å². The highest BCUT2D eigenvalue weighted by Crippen LogP contribution is 2.44. The van der Waals surface area contributed by atoms with Crippen LogP contribution in [-0.4, -0.2) is 11.1 Å². The van der Waals surface area contributed by atoms with E-state index in [1.807, 2.05) is 34.6 Å². The molecule has 0 aliphatic rings. The van der Waals surface area contributed by atoms with Gasteiger partial charge >= 0.3 is 5.97 Å². The first-order valence-electron chi connectivity index (χ1n) is 4.55. The van der Waals surface area contributed by atoms with Crippen molar-refractivity contribution in [2.24, 2.45) is 10.8 Å². The normalized spacial score (nSPS) is 17.1. The minimum absolute atomic E-state index is 0.131. The summed E-state index contributed by atoms with van der Waals surface area (Å²) in [6.07, 6.45) is 1.58. The minimum atomic E-state index is -0.683. The molecule has 0 aromatic rings. The monoisotopic (exact) mass is 172 g/mol. The number of rotatable bonds is 4. The van der Waals surface area contributed by atoms with Gasteiger partial charge in [0, 0.05) is 0 Å². The third-order valence-electron chi connectivity index (χ3n) is 3.56. The molecule has 0 radical (unpaired) electrons. The van der Waals surface area contributed by atoms with Crippen LogP contribution in [0.1, 0.15) is 47.5 Å². The van der Waals surface area contributed by atoms with Gasteiger partial charge in [0.1, 0.15) is 0 Å². The van der Waals surface area contributed by atoms with E-state index in [0.29, 0.717) is 6.42 Å². The van der Waals surface area contributed by atoms with Gasteiger partial charge in [-0.05, 0) is 25.2 Å². The maximum Gasteiger partial charge on any atom is 0.309 e. The predicted octanol–water partition coefficient (Wildman–Crippen LogP) is 2.92. The van der Waals surface area contributed by atoms with E-state index in [1.165, 1.54) is 0 Å². The summed E-state index contributed by atoms with van der Waals surface area (Å²) in [5.74, 6) is -0.683. The van der Waals surface area contributed by atoms with Crippen molar-refractivity contribution in [1.82, 2.24) is 0 Å². The van der Waals surface area contributed by atoms with Crippen LogP contribution in [0.5, 0.6) is 0 Å². The molecule has 0 saturated carbocycles. The van der Waals surface area contributed by atoms with Gasteiger partial charge in [-0.15, -0.1) is 0 Å². The van der Waals surface area contributed by atoms with Crippen molar-refractivity contribution in [2.75, 3.05) is 0 Å². The van der Waals surface area contributed by atoms with Gasteiger partial charge in [0.05, 0.1) is 5.41 Å². The number of carbonyl (C=O) groups is 1. The van der Waals surface area contributed by atoms with Crippen molar-refractivity contribution in [2.45, 2.75) is 47.5 Å². The maximum atomic E-state index is 11.1. The molecule has 12 heavy (non-hydrogen) atoms. The molecule has 1 unspecified atom stereocenters. The molecule has 0 fully saturated rings. The zero-order chi connectivity index (χ0) is 9.99. The summed E-state index contributed by atoms with van der Waals surface area (Å²) < 4.78 is 0. The van der Waals surface area contributed by atoms with Crippen molar-refractivity contribution in [3.05, 3.63) is 0 Å². The van der Waals surface area contributed by atoms with Crippen molar-refractivity contribution < 1.29 is 9.90 Å². The number of carboxylic acid groups (broad SMARTS) is 1. The molecule has 72 valence electrons. The van der Waals surface area contributed by atoms with Crippen LogP contribution in [0.4, 0.5) is 0 Å². The first-order chi connectivity index (χ1) is 5.31. The molecular weight excluding hydrogens is 152 g/mol. The van der Waals surface area contributed by atoms with E-state index < -0.39 is 11.4 Å². The third kappa shape index (κ3) is 1.62. The second-order valence-corrected chi connectivity index (χ2v) is 4.23. The Bertz CT molecular complexity index is 173. The van der Waals surface area contributed by atoms with Crippen LogP contribution < -0.4 is 0 Å². The highest BCUT2D eigenvalue weighted by atomic mass is 16.4. The van der Waals surface area contributed by atoms with E-state index in [0.717, 1.165) is 6.42 Å². The summed E-state index contributed by atoms with van der Waals surface area (Å²) in [6.45, 7) is 9.84. The van der Waals surface area contributed by atoms with Crippen molar-refractivity contribution in [3.8, 4) is 0 Å². The largest absolute Gasteiger partial charge is 0.481 e. The van der Waals surface area contributed by atoms with E-state index >= 15 is 0 Å². The topological polar surface area (TPSA) is 37.3 Å². The molecule has 1 atom stereocenters. The average Bonchev–Trinajstić information content (AvgIpc) is 2.02. The second-order valence-electron chi connectivity index (χ2n) is 4.23. The van der Waals surface area contributed by atoms with Crippen molar-refractivity contribution >= 4 is 5.97 Å². The van der Waals surface area contributed by atoms with Gasteiger partial charge in [-0.1, -0.05) is 27.7 Å². The lowest BCUT2D eigenvalue weighted by Gasteiger charge is -2.39. The maximum absolute atomic E-state index is 11.1. The number of hydrogen-bond donors (Lipinski definition) is 1. The lowest BCUT2D eigenvalue weighted by molar-refractivity contribution is -0.156. The van der Waals surface area contributed by atoms with Crippen LogP contribution in [-0.2, 0) is 4.79 Å². The minimum Gasteiger partial charge on any atom is -0.481 e. The molecule has 1 N–H and O–H groups in total.